The van der Waals surface area contributed by atoms with Crippen molar-refractivity contribution in [3.05, 3.63) is 54.3 Å². The lowest BCUT2D eigenvalue weighted by molar-refractivity contribution is -0.132. The van der Waals surface area contributed by atoms with Crippen LogP contribution in [-0.2, 0) is 4.79 Å². The second kappa shape index (κ2) is 8.55. The molecule has 5 rings (SSSR count). The lowest BCUT2D eigenvalue weighted by Gasteiger charge is -2.44. The molecule has 0 radical (unpaired) electrons. The molecule has 1 amide bonds. The van der Waals surface area contributed by atoms with Gasteiger partial charge < -0.3 is 19.3 Å². The van der Waals surface area contributed by atoms with Crippen molar-refractivity contribution in [1.82, 2.24) is 9.80 Å². The third-order valence-electron chi connectivity index (χ3n) is 6.45. The van der Waals surface area contributed by atoms with E-state index in [-0.39, 0.29) is 30.2 Å². The minimum Gasteiger partial charge on any atom is -0.486 e. The van der Waals surface area contributed by atoms with E-state index in [0.29, 0.717) is 31.3 Å². The van der Waals surface area contributed by atoms with Crippen LogP contribution in [0.15, 0.2) is 48.5 Å². The highest BCUT2D eigenvalue weighted by Crippen LogP contribution is 2.39. The molecule has 0 bridgehead atoms. The fraction of sp³-hybridized carbons (Fsp3) is 0.435. The van der Waals surface area contributed by atoms with Gasteiger partial charge in [-0.05, 0) is 37.1 Å². The van der Waals surface area contributed by atoms with E-state index in [1.807, 2.05) is 30.1 Å². The predicted molar refractivity (Wildman–Crippen MR) is 119 cm³/mol. The molecule has 166 valence electrons. The van der Waals surface area contributed by atoms with Gasteiger partial charge in [0.25, 0.3) is 0 Å². The standard InChI is InChI=1S/C23H26FN3O3.ClH/c1-25-16-27(18-5-3-2-4-6-18)23(22(25)28)9-11-26(12-10-23)14-19-15-29-20-8-7-17(24)13-21(20)30-19;/h2-8,13,19H,9-12,14-16H2,1H3;1H. The van der Waals surface area contributed by atoms with Gasteiger partial charge in [-0.15, -0.1) is 12.4 Å². The highest BCUT2D eigenvalue weighted by Gasteiger charge is 2.52. The first kappa shape index (κ1) is 21.7. The SMILES string of the molecule is CN1CN(c2ccccc2)C2(CCN(CC3COc4ccc(F)cc4O3)CC2)C1=O.Cl. The third-order valence-corrected chi connectivity index (χ3v) is 6.45. The van der Waals surface area contributed by atoms with E-state index in [1.54, 1.807) is 6.07 Å². The van der Waals surface area contributed by atoms with Crippen LogP contribution in [0, 0.1) is 5.82 Å². The highest BCUT2D eigenvalue weighted by molar-refractivity contribution is 5.93. The van der Waals surface area contributed by atoms with Crippen molar-refractivity contribution in [3.63, 3.8) is 0 Å². The van der Waals surface area contributed by atoms with Gasteiger partial charge in [-0.1, -0.05) is 18.2 Å². The van der Waals surface area contributed by atoms with E-state index in [0.717, 1.165) is 31.6 Å². The fourth-order valence-corrected chi connectivity index (χ4v) is 4.88. The molecule has 2 aromatic carbocycles. The number of rotatable bonds is 3. The molecule has 1 atom stereocenters. The van der Waals surface area contributed by atoms with Crippen molar-refractivity contribution in [2.45, 2.75) is 24.5 Å². The Morgan fingerprint density at radius 2 is 1.84 bits per heavy atom. The number of likely N-dealkylation sites (N-methyl/N-ethyl adjacent to an activating group) is 1. The smallest absolute Gasteiger partial charge is 0.249 e. The Hall–Kier alpha value is -2.51. The maximum Gasteiger partial charge on any atom is 0.249 e. The number of likely N-dealkylation sites (tertiary alicyclic amines) is 1. The molecule has 1 unspecified atom stereocenters. The number of carbonyl (C=O) groups excluding carboxylic acids is 1. The zero-order chi connectivity index (χ0) is 20.7. The fourth-order valence-electron chi connectivity index (χ4n) is 4.88. The first-order chi connectivity index (χ1) is 14.5. The molecule has 3 aliphatic rings. The van der Waals surface area contributed by atoms with Crippen LogP contribution in [0.25, 0.3) is 0 Å². The molecule has 0 N–H and O–H groups in total. The summed E-state index contributed by atoms with van der Waals surface area (Å²) in [6.07, 6.45) is 1.38. The first-order valence-electron chi connectivity index (χ1n) is 10.4. The molecule has 0 aromatic heterocycles. The van der Waals surface area contributed by atoms with E-state index in [1.165, 1.54) is 12.1 Å². The number of amides is 1. The minimum absolute atomic E-state index is 0. The second-order valence-corrected chi connectivity index (χ2v) is 8.38. The van der Waals surface area contributed by atoms with Crippen LogP contribution in [0.5, 0.6) is 11.5 Å². The Balaban J connectivity index is 0.00000231. The Bertz CT molecular complexity index is 937. The molecule has 3 aliphatic heterocycles. The number of anilines is 1. The van der Waals surface area contributed by atoms with Crippen LogP contribution < -0.4 is 14.4 Å². The van der Waals surface area contributed by atoms with Gasteiger partial charge in [0.15, 0.2) is 11.5 Å². The van der Waals surface area contributed by atoms with Crippen LogP contribution in [-0.4, -0.2) is 67.3 Å². The number of benzene rings is 2. The van der Waals surface area contributed by atoms with E-state index in [4.69, 9.17) is 9.47 Å². The lowest BCUT2D eigenvalue weighted by Crippen LogP contribution is -2.57. The van der Waals surface area contributed by atoms with Gasteiger partial charge in [-0.25, -0.2) is 4.39 Å². The Labute approximate surface area is 187 Å². The summed E-state index contributed by atoms with van der Waals surface area (Å²) in [4.78, 5) is 19.5. The quantitative estimate of drug-likeness (QED) is 0.723. The van der Waals surface area contributed by atoms with Gasteiger partial charge in [-0.3, -0.25) is 9.69 Å². The van der Waals surface area contributed by atoms with Gasteiger partial charge in [0, 0.05) is 38.4 Å². The maximum atomic E-state index is 13.5. The minimum atomic E-state index is -0.480. The molecule has 2 aromatic rings. The number of nitrogens with zero attached hydrogens (tertiary/aromatic N) is 3. The molecular formula is C23H27ClFN3O3. The molecule has 1 spiro atoms. The molecule has 2 fully saturated rings. The topological polar surface area (TPSA) is 45.2 Å². The highest BCUT2D eigenvalue weighted by atomic mass is 35.5. The monoisotopic (exact) mass is 447 g/mol. The van der Waals surface area contributed by atoms with Gasteiger partial charge in [0.05, 0.1) is 6.67 Å². The van der Waals surface area contributed by atoms with E-state index in [9.17, 15) is 9.18 Å². The van der Waals surface area contributed by atoms with Crippen molar-refractivity contribution in [1.29, 1.82) is 0 Å². The van der Waals surface area contributed by atoms with Gasteiger partial charge >= 0.3 is 0 Å². The lowest BCUT2D eigenvalue weighted by atomic mass is 9.85. The van der Waals surface area contributed by atoms with Crippen molar-refractivity contribution >= 4 is 24.0 Å². The molecule has 0 saturated carbocycles. The van der Waals surface area contributed by atoms with Crippen molar-refractivity contribution in [2.24, 2.45) is 0 Å². The van der Waals surface area contributed by atoms with Crippen molar-refractivity contribution in [2.75, 3.05) is 44.9 Å². The number of hydrogen-bond donors (Lipinski definition) is 0. The molecule has 8 heteroatoms. The molecular weight excluding hydrogens is 421 g/mol. The van der Waals surface area contributed by atoms with Gasteiger partial charge in [0.2, 0.25) is 5.91 Å². The molecule has 2 saturated heterocycles. The number of para-hydroxylation sites is 1. The molecule has 6 nitrogen and oxygen atoms in total. The average molecular weight is 448 g/mol. The van der Waals surface area contributed by atoms with E-state index >= 15 is 0 Å². The van der Waals surface area contributed by atoms with Crippen molar-refractivity contribution < 1.29 is 18.7 Å². The first-order valence-corrected chi connectivity index (χ1v) is 10.4. The Kier molecular flexibility index (Phi) is 5.99. The Morgan fingerprint density at radius 1 is 1.10 bits per heavy atom. The van der Waals surface area contributed by atoms with Crippen LogP contribution in [0.4, 0.5) is 10.1 Å². The summed E-state index contributed by atoms with van der Waals surface area (Å²) >= 11 is 0. The van der Waals surface area contributed by atoms with E-state index < -0.39 is 5.54 Å². The van der Waals surface area contributed by atoms with Crippen LogP contribution in [0.2, 0.25) is 0 Å². The molecule has 0 aliphatic carbocycles. The van der Waals surface area contributed by atoms with Crippen LogP contribution in [0.3, 0.4) is 0 Å². The molecule has 3 heterocycles. The summed E-state index contributed by atoms with van der Waals surface area (Å²) in [6, 6.07) is 14.5. The third kappa shape index (κ3) is 3.92. The largest absolute Gasteiger partial charge is 0.486 e. The second-order valence-electron chi connectivity index (χ2n) is 8.38. The number of hydrogen-bond acceptors (Lipinski definition) is 5. The van der Waals surface area contributed by atoms with Gasteiger partial charge in [0.1, 0.15) is 24.1 Å². The number of piperidine rings is 1. The maximum absolute atomic E-state index is 13.5. The zero-order valence-electron chi connectivity index (χ0n) is 17.5. The average Bonchev–Trinajstić information content (AvgIpc) is 3.01. The number of carbonyl (C=O) groups is 1. The van der Waals surface area contributed by atoms with Crippen LogP contribution >= 0.6 is 12.4 Å². The normalized spacial score (nSPS) is 22.5. The summed E-state index contributed by atoms with van der Waals surface area (Å²) < 4.78 is 25.2. The predicted octanol–water partition coefficient (Wildman–Crippen LogP) is 3.16. The summed E-state index contributed by atoms with van der Waals surface area (Å²) in [5.41, 5.74) is 0.609. The Morgan fingerprint density at radius 3 is 2.58 bits per heavy atom. The summed E-state index contributed by atoms with van der Waals surface area (Å²) in [6.45, 7) is 3.36. The molecule has 31 heavy (non-hydrogen) atoms. The number of halogens is 2. The van der Waals surface area contributed by atoms with Gasteiger partial charge in [-0.2, -0.15) is 0 Å². The summed E-state index contributed by atoms with van der Waals surface area (Å²) in [5, 5.41) is 0. The summed E-state index contributed by atoms with van der Waals surface area (Å²) in [7, 11) is 1.88. The summed E-state index contributed by atoms with van der Waals surface area (Å²) in [5.74, 6) is 0.918. The van der Waals surface area contributed by atoms with E-state index in [2.05, 4.69) is 21.9 Å². The number of ether oxygens (including phenoxy) is 2. The van der Waals surface area contributed by atoms with Crippen molar-refractivity contribution in [3.8, 4) is 11.5 Å². The number of fused-ring (bicyclic) bond motifs is 1. The zero-order valence-corrected chi connectivity index (χ0v) is 18.3. The van der Waals surface area contributed by atoms with Crippen LogP contribution in [0.1, 0.15) is 12.8 Å².